The second-order valence-electron chi connectivity index (χ2n) is 4.78. The van der Waals surface area contributed by atoms with Crippen LogP contribution in [0.5, 0.6) is 0 Å². The van der Waals surface area contributed by atoms with E-state index in [-0.39, 0.29) is 5.56 Å². The van der Waals surface area contributed by atoms with Crippen LogP contribution >= 0.6 is 0 Å². The summed E-state index contributed by atoms with van der Waals surface area (Å²) in [5.41, 5.74) is 7.65. The number of likely N-dealkylation sites (N-methyl/N-ethyl adjacent to an activating group) is 1. The molecule has 2 aromatic rings. The summed E-state index contributed by atoms with van der Waals surface area (Å²) in [6.45, 7) is 0.674. The predicted octanol–water partition coefficient (Wildman–Crippen LogP) is 3.89. The summed E-state index contributed by atoms with van der Waals surface area (Å²) in [5.74, 6) is 0. The number of nitrogen functional groups attached to an aromatic ring is 1. The largest absolute Gasteiger partial charge is 0.399 e. The molecule has 0 atom stereocenters. The molecule has 0 aromatic heterocycles. The van der Waals surface area contributed by atoms with E-state index in [1.165, 1.54) is 11.6 Å². The Morgan fingerprint density at radius 1 is 1.10 bits per heavy atom. The van der Waals surface area contributed by atoms with E-state index >= 15 is 0 Å². The second kappa shape index (κ2) is 6.37. The molecule has 20 heavy (non-hydrogen) atoms. The highest BCUT2D eigenvalue weighted by molar-refractivity contribution is 5.60. The van der Waals surface area contributed by atoms with Gasteiger partial charge in [-0.15, -0.1) is 0 Å². The number of benzene rings is 2. The van der Waals surface area contributed by atoms with Crippen LogP contribution in [0.25, 0.3) is 0 Å². The summed E-state index contributed by atoms with van der Waals surface area (Å²) in [5, 5.41) is 0. The molecule has 0 radical (unpaired) electrons. The number of rotatable bonds is 5. The molecule has 106 valence electrons. The Kier molecular flexibility index (Phi) is 4.56. The minimum Gasteiger partial charge on any atom is -0.399 e. The summed E-state index contributed by atoms with van der Waals surface area (Å²) < 4.78 is 26.1. The normalized spacial score (nSPS) is 10.8. The number of nitrogens with two attached hydrogens (primary N) is 1. The summed E-state index contributed by atoms with van der Waals surface area (Å²) >= 11 is 0. The van der Waals surface area contributed by atoms with Crippen molar-refractivity contribution in [1.29, 1.82) is 0 Å². The molecule has 2 nitrogen and oxygen atoms in total. The molecular formula is C16H18F2N2. The highest BCUT2D eigenvalue weighted by Gasteiger charge is 2.16. The van der Waals surface area contributed by atoms with Gasteiger partial charge >= 0.3 is 0 Å². The maximum Gasteiger partial charge on any atom is 0.265 e. The third-order valence-corrected chi connectivity index (χ3v) is 3.28. The molecule has 2 rings (SSSR count). The van der Waals surface area contributed by atoms with Gasteiger partial charge in [0.25, 0.3) is 6.43 Å². The molecule has 2 N–H and O–H groups in total. The van der Waals surface area contributed by atoms with E-state index in [0.717, 1.165) is 6.42 Å². The Morgan fingerprint density at radius 3 is 2.45 bits per heavy atom. The van der Waals surface area contributed by atoms with Gasteiger partial charge in [0, 0.05) is 30.5 Å². The first kappa shape index (κ1) is 14.3. The molecule has 0 aliphatic heterocycles. The van der Waals surface area contributed by atoms with Crippen LogP contribution in [0.2, 0.25) is 0 Å². The summed E-state index contributed by atoms with van der Waals surface area (Å²) in [7, 11) is 1.82. The Hall–Kier alpha value is -2.10. The van der Waals surface area contributed by atoms with E-state index in [0.29, 0.717) is 17.9 Å². The number of alkyl halides is 2. The monoisotopic (exact) mass is 276 g/mol. The Labute approximate surface area is 117 Å². The van der Waals surface area contributed by atoms with E-state index in [1.807, 2.05) is 42.3 Å². The molecule has 0 heterocycles. The first-order chi connectivity index (χ1) is 9.58. The van der Waals surface area contributed by atoms with Crippen molar-refractivity contribution in [3.05, 3.63) is 59.7 Å². The molecule has 2 aromatic carbocycles. The number of halogens is 2. The van der Waals surface area contributed by atoms with Crippen LogP contribution in [0, 0.1) is 0 Å². The molecule has 0 spiro atoms. The molecule has 0 aliphatic rings. The van der Waals surface area contributed by atoms with Crippen LogP contribution in [0.1, 0.15) is 17.6 Å². The average Bonchev–Trinajstić information content (AvgIpc) is 2.45. The number of anilines is 2. The molecule has 0 bridgehead atoms. The Bertz CT molecular complexity index is 556. The van der Waals surface area contributed by atoms with Crippen molar-refractivity contribution >= 4 is 11.4 Å². The second-order valence-corrected chi connectivity index (χ2v) is 4.78. The lowest BCUT2D eigenvalue weighted by Gasteiger charge is -2.22. The standard InChI is InChI=1S/C16H18F2N2/c1-20(10-9-12-5-3-2-4-6-12)15-8-7-13(19)11-14(15)16(17)18/h2-8,11,16H,9-10,19H2,1H3. The summed E-state index contributed by atoms with van der Waals surface area (Å²) in [4.78, 5) is 1.84. The van der Waals surface area contributed by atoms with E-state index in [2.05, 4.69) is 0 Å². The average molecular weight is 276 g/mol. The zero-order valence-electron chi connectivity index (χ0n) is 11.4. The topological polar surface area (TPSA) is 29.3 Å². The van der Waals surface area contributed by atoms with Gasteiger partial charge in [0.2, 0.25) is 0 Å². The molecule has 0 saturated heterocycles. The maximum absolute atomic E-state index is 13.0. The van der Waals surface area contributed by atoms with Gasteiger partial charge in [-0.3, -0.25) is 0 Å². The van der Waals surface area contributed by atoms with Crippen LogP contribution in [-0.4, -0.2) is 13.6 Å². The van der Waals surface area contributed by atoms with Crippen LogP contribution in [0.15, 0.2) is 48.5 Å². The molecule has 4 heteroatoms. The summed E-state index contributed by atoms with van der Waals surface area (Å²) in [6, 6.07) is 14.6. The third kappa shape index (κ3) is 3.47. The smallest absolute Gasteiger partial charge is 0.265 e. The van der Waals surface area contributed by atoms with Gasteiger partial charge < -0.3 is 10.6 Å². The molecule has 0 amide bonds. The number of hydrogen-bond acceptors (Lipinski definition) is 2. The van der Waals surface area contributed by atoms with Gasteiger partial charge in [0.15, 0.2) is 0 Å². The van der Waals surface area contributed by atoms with Crippen LogP contribution in [-0.2, 0) is 6.42 Å². The zero-order valence-corrected chi connectivity index (χ0v) is 11.4. The third-order valence-electron chi connectivity index (χ3n) is 3.28. The minimum atomic E-state index is -2.52. The van der Waals surface area contributed by atoms with Gasteiger partial charge in [-0.05, 0) is 30.2 Å². The molecule has 0 saturated carbocycles. The van der Waals surface area contributed by atoms with E-state index < -0.39 is 6.43 Å². The highest BCUT2D eigenvalue weighted by Crippen LogP contribution is 2.31. The van der Waals surface area contributed by atoms with Crippen molar-refractivity contribution in [1.82, 2.24) is 0 Å². The van der Waals surface area contributed by atoms with Gasteiger partial charge in [0.1, 0.15) is 0 Å². The van der Waals surface area contributed by atoms with Crippen LogP contribution in [0.4, 0.5) is 20.2 Å². The van der Waals surface area contributed by atoms with Gasteiger partial charge in [0.05, 0.1) is 0 Å². The lowest BCUT2D eigenvalue weighted by atomic mass is 10.1. The van der Waals surface area contributed by atoms with Crippen molar-refractivity contribution < 1.29 is 8.78 Å². The van der Waals surface area contributed by atoms with E-state index in [1.54, 1.807) is 12.1 Å². The molecule has 0 fully saturated rings. The van der Waals surface area contributed by atoms with Crippen molar-refractivity contribution in [3.8, 4) is 0 Å². The fourth-order valence-corrected chi connectivity index (χ4v) is 2.16. The van der Waals surface area contributed by atoms with Crippen molar-refractivity contribution in [3.63, 3.8) is 0 Å². The van der Waals surface area contributed by atoms with E-state index in [4.69, 9.17) is 5.73 Å². The van der Waals surface area contributed by atoms with Crippen LogP contribution < -0.4 is 10.6 Å². The fourth-order valence-electron chi connectivity index (χ4n) is 2.16. The first-order valence-electron chi connectivity index (χ1n) is 6.50. The number of hydrogen-bond donors (Lipinski definition) is 1. The number of nitrogens with zero attached hydrogens (tertiary/aromatic N) is 1. The van der Waals surface area contributed by atoms with E-state index in [9.17, 15) is 8.78 Å². The van der Waals surface area contributed by atoms with Gasteiger partial charge in [-0.25, -0.2) is 8.78 Å². The quantitative estimate of drug-likeness (QED) is 0.840. The lowest BCUT2D eigenvalue weighted by Crippen LogP contribution is -2.21. The van der Waals surface area contributed by atoms with Crippen LogP contribution in [0.3, 0.4) is 0 Å². The maximum atomic E-state index is 13.0. The van der Waals surface area contributed by atoms with Gasteiger partial charge in [-0.1, -0.05) is 30.3 Å². The fraction of sp³-hybridized carbons (Fsp3) is 0.250. The predicted molar refractivity (Wildman–Crippen MR) is 79.2 cm³/mol. The molecule has 0 aliphatic carbocycles. The highest BCUT2D eigenvalue weighted by atomic mass is 19.3. The van der Waals surface area contributed by atoms with Gasteiger partial charge in [-0.2, -0.15) is 0 Å². The molecular weight excluding hydrogens is 258 g/mol. The Balaban J connectivity index is 2.11. The minimum absolute atomic E-state index is 0.0134. The molecule has 0 unspecified atom stereocenters. The zero-order chi connectivity index (χ0) is 14.5. The lowest BCUT2D eigenvalue weighted by molar-refractivity contribution is 0.152. The first-order valence-corrected chi connectivity index (χ1v) is 6.50. The van der Waals surface area contributed by atoms with Crippen molar-refractivity contribution in [2.75, 3.05) is 24.2 Å². The van der Waals surface area contributed by atoms with Crippen molar-refractivity contribution in [2.45, 2.75) is 12.8 Å². The summed E-state index contributed by atoms with van der Waals surface area (Å²) in [6.07, 6.45) is -1.71. The Morgan fingerprint density at radius 2 is 1.80 bits per heavy atom. The van der Waals surface area contributed by atoms with Crippen molar-refractivity contribution in [2.24, 2.45) is 0 Å². The SMILES string of the molecule is CN(CCc1ccccc1)c1ccc(N)cc1C(F)F.